The molecule has 2 aromatic carbocycles. The Balaban J connectivity index is 1.24. The SMILES string of the molecule is Cc1cc(C)c(N=CCc2cccc(-c3ccccn3)n2)c(Cc2cc(C)cc(C)c2N=CCc2cccc(-c3ccccn3)n2)c1. The van der Waals surface area contributed by atoms with E-state index in [1.165, 1.54) is 22.3 Å². The van der Waals surface area contributed by atoms with E-state index in [0.717, 1.165) is 63.1 Å². The molecule has 0 spiro atoms. The number of aliphatic imine (C=N–C) groups is 2. The van der Waals surface area contributed by atoms with Gasteiger partial charge in [0, 0.05) is 55.5 Å². The van der Waals surface area contributed by atoms with Gasteiger partial charge in [0.2, 0.25) is 0 Å². The minimum absolute atomic E-state index is 0.627. The van der Waals surface area contributed by atoms with Crippen LogP contribution in [0.1, 0.15) is 44.8 Å². The summed E-state index contributed by atoms with van der Waals surface area (Å²) < 4.78 is 0. The lowest BCUT2D eigenvalue weighted by Gasteiger charge is -2.15. The number of nitrogens with zero attached hydrogens (tertiary/aromatic N) is 6. The van der Waals surface area contributed by atoms with Crippen LogP contribution in [0.15, 0.2) is 119 Å². The highest BCUT2D eigenvalue weighted by molar-refractivity contribution is 5.72. The molecule has 0 unspecified atom stereocenters. The molecular weight excluding hydrogens is 576 g/mol. The van der Waals surface area contributed by atoms with Crippen LogP contribution in [0.25, 0.3) is 22.8 Å². The van der Waals surface area contributed by atoms with E-state index < -0.39 is 0 Å². The van der Waals surface area contributed by atoms with Crippen molar-refractivity contribution in [3.63, 3.8) is 0 Å². The standard InChI is InChI=1S/C41H38N6/c1-28-23-30(3)40(44-21-17-34-11-9-15-38(46-34)36-13-5-7-19-42-36)32(25-28)27-33-26-29(2)24-31(4)41(33)45-22-18-35-12-10-16-39(47-35)37-14-6-8-20-43-37/h5-16,19-26H,17-18,27H2,1-4H3. The molecule has 0 saturated carbocycles. The van der Waals surface area contributed by atoms with Gasteiger partial charge in [0.05, 0.1) is 34.2 Å². The van der Waals surface area contributed by atoms with Gasteiger partial charge in [-0.15, -0.1) is 0 Å². The largest absolute Gasteiger partial charge is 0.260 e. The molecular formula is C41H38N6. The van der Waals surface area contributed by atoms with E-state index in [9.17, 15) is 0 Å². The number of pyridine rings is 4. The lowest BCUT2D eigenvalue weighted by molar-refractivity contribution is 1.12. The molecule has 0 fully saturated rings. The molecule has 4 aromatic heterocycles. The van der Waals surface area contributed by atoms with Crippen molar-refractivity contribution in [2.24, 2.45) is 9.98 Å². The number of aromatic nitrogens is 4. The number of rotatable bonds is 10. The van der Waals surface area contributed by atoms with Crippen molar-refractivity contribution in [3.8, 4) is 22.8 Å². The van der Waals surface area contributed by atoms with E-state index in [-0.39, 0.29) is 0 Å². The van der Waals surface area contributed by atoms with Crippen LogP contribution in [-0.2, 0) is 19.3 Å². The average molecular weight is 615 g/mol. The lowest BCUT2D eigenvalue weighted by atomic mass is 9.94. The molecule has 0 aliphatic heterocycles. The van der Waals surface area contributed by atoms with E-state index in [1.807, 2.05) is 85.2 Å². The fourth-order valence-electron chi connectivity index (χ4n) is 5.90. The quantitative estimate of drug-likeness (QED) is 0.144. The number of hydrogen-bond donors (Lipinski definition) is 0. The molecule has 6 aromatic rings. The van der Waals surface area contributed by atoms with Gasteiger partial charge >= 0.3 is 0 Å². The Labute approximate surface area is 277 Å². The molecule has 6 heteroatoms. The Morgan fingerprint density at radius 3 is 1.38 bits per heavy atom. The summed E-state index contributed by atoms with van der Waals surface area (Å²) in [6, 6.07) is 32.7. The highest BCUT2D eigenvalue weighted by atomic mass is 14.8. The van der Waals surface area contributed by atoms with Gasteiger partial charge in [-0.3, -0.25) is 29.9 Å². The zero-order chi connectivity index (χ0) is 32.6. The molecule has 6 nitrogen and oxygen atoms in total. The zero-order valence-electron chi connectivity index (χ0n) is 27.4. The molecule has 232 valence electrons. The Kier molecular flexibility index (Phi) is 9.78. The first-order valence-electron chi connectivity index (χ1n) is 15.9. The van der Waals surface area contributed by atoms with Crippen LogP contribution in [0.3, 0.4) is 0 Å². The Morgan fingerprint density at radius 1 is 0.511 bits per heavy atom. The van der Waals surface area contributed by atoms with Crippen LogP contribution < -0.4 is 0 Å². The van der Waals surface area contributed by atoms with Crippen molar-refractivity contribution in [1.29, 1.82) is 0 Å². The molecule has 4 heterocycles. The van der Waals surface area contributed by atoms with E-state index in [2.05, 4.69) is 61.9 Å². The van der Waals surface area contributed by atoms with Gasteiger partial charge in [0.25, 0.3) is 0 Å². The van der Waals surface area contributed by atoms with Crippen LogP contribution in [0.4, 0.5) is 11.4 Å². The number of benzene rings is 2. The van der Waals surface area contributed by atoms with Crippen LogP contribution in [0, 0.1) is 27.7 Å². The highest BCUT2D eigenvalue weighted by Crippen LogP contribution is 2.33. The molecule has 0 N–H and O–H groups in total. The third-order valence-electron chi connectivity index (χ3n) is 7.94. The van der Waals surface area contributed by atoms with Gasteiger partial charge < -0.3 is 0 Å². The predicted octanol–water partition coefficient (Wildman–Crippen LogP) is 9.32. The van der Waals surface area contributed by atoms with Gasteiger partial charge in [-0.1, -0.05) is 59.7 Å². The second-order valence-electron chi connectivity index (χ2n) is 11.8. The number of hydrogen-bond acceptors (Lipinski definition) is 6. The molecule has 6 rings (SSSR count). The summed E-state index contributed by atoms with van der Waals surface area (Å²) in [4.78, 5) is 28.6. The fourth-order valence-corrected chi connectivity index (χ4v) is 5.90. The van der Waals surface area contributed by atoms with Crippen molar-refractivity contribution >= 4 is 23.8 Å². The van der Waals surface area contributed by atoms with Gasteiger partial charge in [0.15, 0.2) is 0 Å². The van der Waals surface area contributed by atoms with Crippen LogP contribution >= 0.6 is 0 Å². The predicted molar refractivity (Wildman–Crippen MR) is 193 cm³/mol. The molecule has 0 saturated heterocycles. The molecule has 47 heavy (non-hydrogen) atoms. The van der Waals surface area contributed by atoms with Crippen molar-refractivity contribution in [1.82, 2.24) is 19.9 Å². The number of aryl methyl sites for hydroxylation is 4. The summed E-state index contributed by atoms with van der Waals surface area (Å²) in [5.41, 5.74) is 14.5. The molecule has 0 aliphatic rings. The topological polar surface area (TPSA) is 76.3 Å². The minimum atomic E-state index is 0.627. The van der Waals surface area contributed by atoms with Gasteiger partial charge in [-0.2, -0.15) is 0 Å². The maximum Gasteiger partial charge on any atom is 0.0889 e. The Hall–Kier alpha value is -5.62. The average Bonchev–Trinajstić information content (AvgIpc) is 3.08. The van der Waals surface area contributed by atoms with Gasteiger partial charge in [-0.05, 0) is 98.5 Å². The maximum absolute atomic E-state index is 5.02. The van der Waals surface area contributed by atoms with Crippen molar-refractivity contribution < 1.29 is 0 Å². The van der Waals surface area contributed by atoms with E-state index >= 15 is 0 Å². The van der Waals surface area contributed by atoms with Gasteiger partial charge in [0.1, 0.15) is 0 Å². The summed E-state index contributed by atoms with van der Waals surface area (Å²) in [6.07, 6.45) is 9.50. The van der Waals surface area contributed by atoms with Gasteiger partial charge in [-0.25, -0.2) is 0 Å². The molecule has 0 bridgehead atoms. The minimum Gasteiger partial charge on any atom is -0.260 e. The second-order valence-corrected chi connectivity index (χ2v) is 11.8. The summed E-state index contributed by atoms with van der Waals surface area (Å²) in [6.45, 7) is 8.55. The smallest absolute Gasteiger partial charge is 0.0889 e. The van der Waals surface area contributed by atoms with Crippen molar-refractivity contribution in [3.05, 3.63) is 154 Å². The van der Waals surface area contributed by atoms with Crippen molar-refractivity contribution in [2.45, 2.75) is 47.0 Å². The molecule has 0 amide bonds. The first kappa shape index (κ1) is 31.4. The lowest BCUT2D eigenvalue weighted by Crippen LogP contribution is -1.98. The third-order valence-corrected chi connectivity index (χ3v) is 7.94. The summed E-state index contributed by atoms with van der Waals surface area (Å²) in [5.74, 6) is 0. The first-order chi connectivity index (χ1) is 22.9. The third kappa shape index (κ3) is 7.97. The fraction of sp³-hybridized carbons (Fsp3) is 0.171. The van der Waals surface area contributed by atoms with Crippen LogP contribution in [0.5, 0.6) is 0 Å². The highest BCUT2D eigenvalue weighted by Gasteiger charge is 2.13. The maximum atomic E-state index is 5.02. The molecule has 0 aliphatic carbocycles. The van der Waals surface area contributed by atoms with Crippen LogP contribution in [-0.4, -0.2) is 32.4 Å². The molecule has 0 radical (unpaired) electrons. The van der Waals surface area contributed by atoms with Crippen molar-refractivity contribution in [2.75, 3.05) is 0 Å². The second kappa shape index (κ2) is 14.6. The monoisotopic (exact) mass is 614 g/mol. The zero-order valence-corrected chi connectivity index (χ0v) is 27.4. The summed E-state index contributed by atoms with van der Waals surface area (Å²) in [5, 5.41) is 0. The molecule has 0 atom stereocenters. The Morgan fingerprint density at radius 2 is 0.957 bits per heavy atom. The van der Waals surface area contributed by atoms with E-state index in [0.29, 0.717) is 12.8 Å². The summed E-state index contributed by atoms with van der Waals surface area (Å²) >= 11 is 0. The van der Waals surface area contributed by atoms with Crippen LogP contribution in [0.2, 0.25) is 0 Å². The van der Waals surface area contributed by atoms with E-state index in [1.54, 1.807) is 12.4 Å². The Bertz CT molecular complexity index is 1900. The normalized spacial score (nSPS) is 11.5. The van der Waals surface area contributed by atoms with E-state index in [4.69, 9.17) is 20.0 Å². The summed E-state index contributed by atoms with van der Waals surface area (Å²) in [7, 11) is 0. The first-order valence-corrected chi connectivity index (χ1v) is 15.9.